The third kappa shape index (κ3) is 9.25. The molecule has 0 aromatic heterocycles. The summed E-state index contributed by atoms with van der Waals surface area (Å²) in [4.78, 5) is 16.8. The van der Waals surface area contributed by atoms with Gasteiger partial charge in [0.1, 0.15) is 0 Å². The molecule has 10 heteroatoms. The summed E-state index contributed by atoms with van der Waals surface area (Å²) in [5.41, 5.74) is 0.0815. The molecule has 0 aromatic rings. The minimum atomic E-state index is -2.99. The molecule has 30 heavy (non-hydrogen) atoms. The number of hydrogen-bond donors (Lipinski definition) is 3. The van der Waals surface area contributed by atoms with Crippen LogP contribution in [0.15, 0.2) is 4.99 Å². The molecule has 1 amide bonds. The van der Waals surface area contributed by atoms with Crippen LogP contribution >= 0.6 is 24.0 Å². The van der Waals surface area contributed by atoms with Gasteiger partial charge in [-0.15, -0.1) is 24.0 Å². The topological polar surface area (TPSA) is 109 Å². The highest BCUT2D eigenvalue weighted by Gasteiger charge is 2.35. The Balaban J connectivity index is 0.00000450. The van der Waals surface area contributed by atoms with E-state index in [1.54, 1.807) is 0 Å². The fourth-order valence-corrected chi connectivity index (χ4v) is 5.71. The second-order valence-electron chi connectivity index (χ2n) is 9.12. The fourth-order valence-electron chi connectivity index (χ4n) is 4.04. The number of sulfone groups is 1. The van der Waals surface area contributed by atoms with E-state index in [0.29, 0.717) is 31.4 Å². The summed E-state index contributed by atoms with van der Waals surface area (Å²) in [6.07, 6.45) is 3.14. The molecule has 3 N–H and O–H groups in total. The van der Waals surface area contributed by atoms with Crippen molar-refractivity contribution in [3.05, 3.63) is 0 Å². The van der Waals surface area contributed by atoms with E-state index in [1.165, 1.54) is 0 Å². The first-order chi connectivity index (χ1) is 13.6. The smallest absolute Gasteiger partial charge is 0.222 e. The number of guanidine groups is 1. The molecule has 2 heterocycles. The number of nitrogens with zero attached hydrogens (tertiary/aromatic N) is 1. The molecule has 0 saturated carbocycles. The van der Waals surface area contributed by atoms with Gasteiger partial charge in [-0.05, 0) is 31.6 Å². The van der Waals surface area contributed by atoms with Crippen molar-refractivity contribution in [3.63, 3.8) is 0 Å². The van der Waals surface area contributed by atoms with Gasteiger partial charge < -0.3 is 20.7 Å². The van der Waals surface area contributed by atoms with Gasteiger partial charge >= 0.3 is 0 Å². The Bertz CT molecular complexity index is 679. The zero-order valence-electron chi connectivity index (χ0n) is 18.7. The Hall–Kier alpha value is -0.620. The average molecular weight is 559 g/mol. The number of halogens is 1. The highest BCUT2D eigenvalue weighted by Crippen LogP contribution is 2.34. The molecular weight excluding hydrogens is 519 g/mol. The molecule has 8 nitrogen and oxygen atoms in total. The standard InChI is InChI=1S/C20H38N4O4S.HI/c1-5-21-19(23-13-15-7-6-11-28-18(15)20(2,3)4)22-10-8-17(25)24-16-9-12-29(26,27)14-16;/h15-16,18H,5-14H2,1-4H3,(H,24,25)(H2,21,22,23);1H. The van der Waals surface area contributed by atoms with Crippen LogP contribution in [0.3, 0.4) is 0 Å². The average Bonchev–Trinajstić information content (AvgIpc) is 2.97. The van der Waals surface area contributed by atoms with Crippen LogP contribution < -0.4 is 16.0 Å². The van der Waals surface area contributed by atoms with Gasteiger partial charge in [-0.2, -0.15) is 0 Å². The molecule has 2 rings (SSSR count). The molecule has 0 aromatic carbocycles. The Morgan fingerprint density at radius 2 is 1.93 bits per heavy atom. The third-order valence-electron chi connectivity index (χ3n) is 5.37. The molecular formula is C20H39IN4O4S. The molecule has 0 bridgehead atoms. The number of carbonyl (C=O) groups is 1. The number of ether oxygens (including phenoxy) is 1. The Morgan fingerprint density at radius 3 is 2.53 bits per heavy atom. The highest BCUT2D eigenvalue weighted by atomic mass is 127. The summed E-state index contributed by atoms with van der Waals surface area (Å²) in [5, 5.41) is 9.24. The van der Waals surface area contributed by atoms with Gasteiger partial charge in [0.15, 0.2) is 15.8 Å². The maximum Gasteiger partial charge on any atom is 0.222 e. The molecule has 0 aliphatic carbocycles. The van der Waals surface area contributed by atoms with E-state index in [4.69, 9.17) is 9.73 Å². The molecule has 3 atom stereocenters. The lowest BCUT2D eigenvalue weighted by Gasteiger charge is -2.39. The predicted molar refractivity (Wildman–Crippen MR) is 131 cm³/mol. The van der Waals surface area contributed by atoms with E-state index in [0.717, 1.165) is 26.0 Å². The van der Waals surface area contributed by atoms with E-state index < -0.39 is 9.84 Å². The van der Waals surface area contributed by atoms with Crippen LogP contribution in [-0.4, -0.2) is 70.2 Å². The zero-order chi connectivity index (χ0) is 21.5. The van der Waals surface area contributed by atoms with Crippen molar-refractivity contribution in [1.29, 1.82) is 0 Å². The first kappa shape index (κ1) is 27.4. The van der Waals surface area contributed by atoms with Crippen LogP contribution in [-0.2, 0) is 19.4 Å². The zero-order valence-corrected chi connectivity index (χ0v) is 21.8. The second kappa shape index (κ2) is 12.4. The van der Waals surface area contributed by atoms with Gasteiger partial charge in [-0.3, -0.25) is 9.79 Å². The second-order valence-corrected chi connectivity index (χ2v) is 11.4. The predicted octanol–water partition coefficient (Wildman–Crippen LogP) is 1.69. The quantitative estimate of drug-likeness (QED) is 0.250. The number of carbonyl (C=O) groups excluding carboxylic acids is 1. The van der Waals surface area contributed by atoms with E-state index in [1.807, 2.05) is 6.92 Å². The molecule has 0 spiro atoms. The van der Waals surface area contributed by atoms with Gasteiger partial charge in [-0.1, -0.05) is 20.8 Å². The summed E-state index contributed by atoms with van der Waals surface area (Å²) in [5.74, 6) is 1.15. The SMILES string of the molecule is CCNC(=NCC1CCCOC1C(C)(C)C)NCCC(=O)NC1CCS(=O)(=O)C1.I. The normalized spacial score (nSPS) is 26.5. The van der Waals surface area contributed by atoms with E-state index in [2.05, 4.69) is 36.7 Å². The highest BCUT2D eigenvalue weighted by molar-refractivity contribution is 14.0. The number of nitrogens with one attached hydrogen (secondary N) is 3. The molecule has 2 aliphatic heterocycles. The fraction of sp³-hybridized carbons (Fsp3) is 0.900. The minimum absolute atomic E-state index is 0. The maximum absolute atomic E-state index is 12.1. The number of aliphatic imine (C=N–C) groups is 1. The number of amides is 1. The first-order valence-corrected chi connectivity index (χ1v) is 12.6. The van der Waals surface area contributed by atoms with Crippen molar-refractivity contribution in [3.8, 4) is 0 Å². The van der Waals surface area contributed by atoms with E-state index >= 15 is 0 Å². The van der Waals surface area contributed by atoms with E-state index in [-0.39, 0.29) is 65.4 Å². The van der Waals surface area contributed by atoms with Gasteiger partial charge in [0.05, 0.1) is 17.6 Å². The summed E-state index contributed by atoms with van der Waals surface area (Å²) >= 11 is 0. The van der Waals surface area contributed by atoms with Gasteiger partial charge in [0.2, 0.25) is 5.91 Å². The lowest BCUT2D eigenvalue weighted by atomic mass is 9.78. The van der Waals surface area contributed by atoms with Crippen LogP contribution in [0.2, 0.25) is 0 Å². The molecule has 2 fully saturated rings. The lowest BCUT2D eigenvalue weighted by Crippen LogP contribution is -2.43. The Labute approximate surface area is 198 Å². The number of hydrogen-bond acceptors (Lipinski definition) is 5. The van der Waals surface area contributed by atoms with Crippen LogP contribution in [0.4, 0.5) is 0 Å². The molecule has 176 valence electrons. The number of rotatable bonds is 7. The van der Waals surface area contributed by atoms with Crippen molar-refractivity contribution in [1.82, 2.24) is 16.0 Å². The van der Waals surface area contributed by atoms with Crippen molar-refractivity contribution in [2.45, 2.75) is 65.5 Å². The Kier molecular flexibility index (Phi) is 11.4. The molecule has 3 unspecified atom stereocenters. The Morgan fingerprint density at radius 1 is 1.20 bits per heavy atom. The van der Waals surface area contributed by atoms with Gasteiger partial charge in [-0.25, -0.2) is 8.42 Å². The summed E-state index contributed by atoms with van der Waals surface area (Å²) in [6.45, 7) is 11.3. The van der Waals surface area contributed by atoms with Crippen molar-refractivity contribution in [2.24, 2.45) is 16.3 Å². The first-order valence-electron chi connectivity index (χ1n) is 10.7. The lowest BCUT2D eigenvalue weighted by molar-refractivity contribution is -0.121. The summed E-state index contributed by atoms with van der Waals surface area (Å²) in [7, 11) is -2.99. The van der Waals surface area contributed by atoms with Crippen LogP contribution in [0, 0.1) is 11.3 Å². The summed E-state index contributed by atoms with van der Waals surface area (Å²) in [6, 6.07) is -0.255. The monoisotopic (exact) mass is 558 g/mol. The van der Waals surface area contributed by atoms with Crippen molar-refractivity contribution >= 4 is 45.7 Å². The molecule has 2 aliphatic rings. The van der Waals surface area contributed by atoms with Crippen LogP contribution in [0.1, 0.15) is 53.4 Å². The van der Waals surface area contributed by atoms with Crippen LogP contribution in [0.25, 0.3) is 0 Å². The van der Waals surface area contributed by atoms with Crippen molar-refractivity contribution < 1.29 is 17.9 Å². The largest absolute Gasteiger partial charge is 0.377 e. The van der Waals surface area contributed by atoms with Crippen molar-refractivity contribution in [2.75, 3.05) is 37.7 Å². The minimum Gasteiger partial charge on any atom is -0.377 e. The summed E-state index contributed by atoms with van der Waals surface area (Å²) < 4.78 is 29.0. The third-order valence-corrected chi connectivity index (χ3v) is 7.14. The van der Waals surface area contributed by atoms with Crippen LogP contribution in [0.5, 0.6) is 0 Å². The van der Waals surface area contributed by atoms with Gasteiger partial charge in [0, 0.05) is 44.6 Å². The van der Waals surface area contributed by atoms with E-state index in [9.17, 15) is 13.2 Å². The molecule has 2 saturated heterocycles. The van der Waals surface area contributed by atoms with Gasteiger partial charge in [0.25, 0.3) is 0 Å². The maximum atomic E-state index is 12.1. The molecule has 0 radical (unpaired) electrons.